The van der Waals surface area contributed by atoms with E-state index in [1.165, 1.54) is 0 Å². The van der Waals surface area contributed by atoms with Crippen molar-refractivity contribution in [3.63, 3.8) is 0 Å². The molecule has 1 amide bonds. The summed E-state index contributed by atoms with van der Waals surface area (Å²) in [4.78, 5) is 19.7. The van der Waals surface area contributed by atoms with Gasteiger partial charge in [0.25, 0.3) is 5.91 Å². The maximum absolute atomic E-state index is 12.3. The van der Waals surface area contributed by atoms with Gasteiger partial charge in [-0.1, -0.05) is 25.1 Å². The second-order valence-corrected chi connectivity index (χ2v) is 5.50. The highest BCUT2D eigenvalue weighted by molar-refractivity contribution is 7.09. The minimum absolute atomic E-state index is 0.0334. The fourth-order valence-corrected chi connectivity index (χ4v) is 2.95. The monoisotopic (exact) mass is 285 g/mol. The molecule has 102 valence electrons. The van der Waals surface area contributed by atoms with E-state index in [0.29, 0.717) is 5.69 Å². The molecule has 2 aromatic heterocycles. The molecule has 0 fully saturated rings. The van der Waals surface area contributed by atoms with E-state index in [-0.39, 0.29) is 11.9 Å². The summed E-state index contributed by atoms with van der Waals surface area (Å²) in [5, 5.41) is 6.93. The summed E-state index contributed by atoms with van der Waals surface area (Å²) in [6.45, 7) is 2.04. The molecule has 3 rings (SSSR count). The molecular weight excluding hydrogens is 270 g/mol. The third-order valence-corrected chi connectivity index (χ3v) is 4.13. The lowest BCUT2D eigenvalue weighted by Crippen LogP contribution is -2.28. The van der Waals surface area contributed by atoms with Crippen molar-refractivity contribution in [3.8, 4) is 0 Å². The lowest BCUT2D eigenvalue weighted by molar-refractivity contribution is 0.0931. The molecule has 0 aliphatic heterocycles. The summed E-state index contributed by atoms with van der Waals surface area (Å²) < 4.78 is 0. The summed E-state index contributed by atoms with van der Waals surface area (Å²) in [6.07, 6.45) is 2.58. The van der Waals surface area contributed by atoms with Crippen molar-refractivity contribution < 1.29 is 4.79 Å². The number of H-pyrrole nitrogens is 1. The Morgan fingerprint density at radius 1 is 1.45 bits per heavy atom. The molecule has 1 atom stereocenters. The quantitative estimate of drug-likeness (QED) is 0.770. The van der Waals surface area contributed by atoms with Crippen LogP contribution in [0.4, 0.5) is 0 Å². The highest BCUT2D eigenvalue weighted by Gasteiger charge is 2.17. The van der Waals surface area contributed by atoms with Crippen LogP contribution in [0.5, 0.6) is 0 Å². The highest BCUT2D eigenvalue weighted by Crippen LogP contribution is 2.20. The van der Waals surface area contributed by atoms with Crippen molar-refractivity contribution >= 4 is 28.1 Å². The molecular formula is C15H15N3OS. The van der Waals surface area contributed by atoms with Gasteiger partial charge in [0.1, 0.15) is 10.7 Å². The Balaban J connectivity index is 1.81. The maximum Gasteiger partial charge on any atom is 0.268 e. The summed E-state index contributed by atoms with van der Waals surface area (Å²) in [6, 6.07) is 9.70. The fourth-order valence-electron chi connectivity index (χ4n) is 2.18. The number of aromatic nitrogens is 2. The van der Waals surface area contributed by atoms with E-state index in [4.69, 9.17) is 0 Å². The molecule has 3 aromatic rings. The number of carbonyl (C=O) groups is 1. The predicted molar refractivity (Wildman–Crippen MR) is 80.9 cm³/mol. The number of hydrogen-bond donors (Lipinski definition) is 2. The zero-order chi connectivity index (χ0) is 13.9. The number of rotatable bonds is 4. The largest absolute Gasteiger partial charge is 0.351 e. The van der Waals surface area contributed by atoms with Gasteiger partial charge in [0.2, 0.25) is 0 Å². The van der Waals surface area contributed by atoms with E-state index in [2.05, 4.69) is 15.3 Å². The number of fused-ring (bicyclic) bond motifs is 1. The number of amides is 1. The maximum atomic E-state index is 12.3. The topological polar surface area (TPSA) is 57.8 Å². The molecule has 0 saturated heterocycles. The molecule has 0 aliphatic rings. The van der Waals surface area contributed by atoms with Gasteiger partial charge in [-0.2, -0.15) is 0 Å². The Kier molecular flexibility index (Phi) is 3.52. The van der Waals surface area contributed by atoms with Crippen LogP contribution in [-0.4, -0.2) is 15.9 Å². The molecule has 5 heteroatoms. The van der Waals surface area contributed by atoms with Crippen LogP contribution in [0.25, 0.3) is 10.9 Å². The van der Waals surface area contributed by atoms with Gasteiger partial charge >= 0.3 is 0 Å². The number of nitrogens with one attached hydrogen (secondary N) is 2. The first kappa shape index (κ1) is 12.9. The van der Waals surface area contributed by atoms with Gasteiger partial charge in [0.15, 0.2) is 0 Å². The van der Waals surface area contributed by atoms with Gasteiger partial charge in [-0.3, -0.25) is 4.79 Å². The molecule has 1 unspecified atom stereocenters. The van der Waals surface area contributed by atoms with Crippen LogP contribution in [0.3, 0.4) is 0 Å². The van der Waals surface area contributed by atoms with Gasteiger partial charge in [0, 0.05) is 22.5 Å². The molecule has 0 saturated carbocycles. The highest BCUT2D eigenvalue weighted by atomic mass is 32.1. The van der Waals surface area contributed by atoms with Gasteiger partial charge < -0.3 is 10.3 Å². The van der Waals surface area contributed by atoms with Crippen molar-refractivity contribution in [2.45, 2.75) is 19.4 Å². The Bertz CT molecular complexity index is 685. The minimum Gasteiger partial charge on any atom is -0.351 e. The van der Waals surface area contributed by atoms with E-state index in [1.807, 2.05) is 42.6 Å². The van der Waals surface area contributed by atoms with Gasteiger partial charge in [0.05, 0.1) is 6.04 Å². The van der Waals surface area contributed by atoms with E-state index in [1.54, 1.807) is 17.5 Å². The number of thiazole rings is 1. The first-order chi connectivity index (χ1) is 9.78. The second-order valence-electron chi connectivity index (χ2n) is 4.57. The van der Waals surface area contributed by atoms with E-state index < -0.39 is 0 Å². The molecule has 0 aliphatic carbocycles. The third kappa shape index (κ3) is 2.44. The smallest absolute Gasteiger partial charge is 0.268 e. The Labute approximate surface area is 120 Å². The molecule has 4 nitrogen and oxygen atoms in total. The van der Waals surface area contributed by atoms with Crippen molar-refractivity contribution in [3.05, 3.63) is 52.6 Å². The molecule has 0 radical (unpaired) electrons. The molecule has 2 heterocycles. The lowest BCUT2D eigenvalue weighted by atomic mass is 10.2. The van der Waals surface area contributed by atoms with Crippen molar-refractivity contribution in [1.29, 1.82) is 0 Å². The average Bonchev–Trinajstić information content (AvgIpc) is 3.13. The Hall–Kier alpha value is -2.14. The molecule has 1 aromatic carbocycles. The summed E-state index contributed by atoms with van der Waals surface area (Å²) in [5.74, 6) is -0.0942. The normalized spacial score (nSPS) is 12.4. The number of para-hydroxylation sites is 1. The summed E-state index contributed by atoms with van der Waals surface area (Å²) in [5.41, 5.74) is 1.56. The van der Waals surface area contributed by atoms with Crippen LogP contribution < -0.4 is 5.32 Å². The van der Waals surface area contributed by atoms with E-state index in [9.17, 15) is 4.79 Å². The number of aromatic amines is 1. The first-order valence-corrected chi connectivity index (χ1v) is 7.44. The predicted octanol–water partition coefficient (Wildman–Crippen LogP) is 3.51. The average molecular weight is 285 g/mol. The van der Waals surface area contributed by atoms with Crippen LogP contribution in [0.1, 0.15) is 34.9 Å². The molecule has 20 heavy (non-hydrogen) atoms. The standard InChI is InChI=1S/C15H15N3OS/c1-2-11(15-16-7-8-20-15)18-14(19)13-9-10-5-3-4-6-12(10)17-13/h3-9,11,17H,2H2,1H3,(H,18,19). The zero-order valence-corrected chi connectivity index (χ0v) is 11.9. The summed E-state index contributed by atoms with van der Waals surface area (Å²) in [7, 11) is 0. The fraction of sp³-hybridized carbons (Fsp3) is 0.200. The van der Waals surface area contributed by atoms with E-state index in [0.717, 1.165) is 22.3 Å². The molecule has 0 spiro atoms. The third-order valence-electron chi connectivity index (χ3n) is 3.24. The molecule has 0 bridgehead atoms. The van der Waals surface area contributed by atoms with Crippen molar-refractivity contribution in [2.75, 3.05) is 0 Å². The lowest BCUT2D eigenvalue weighted by Gasteiger charge is -2.13. The minimum atomic E-state index is -0.0942. The number of hydrogen-bond acceptors (Lipinski definition) is 3. The molecule has 2 N–H and O–H groups in total. The van der Waals surface area contributed by atoms with Crippen LogP contribution in [-0.2, 0) is 0 Å². The van der Waals surface area contributed by atoms with Crippen LogP contribution in [0, 0.1) is 0 Å². The van der Waals surface area contributed by atoms with Crippen LogP contribution >= 0.6 is 11.3 Å². The van der Waals surface area contributed by atoms with Crippen LogP contribution in [0.15, 0.2) is 41.9 Å². The number of nitrogens with zero attached hydrogens (tertiary/aromatic N) is 1. The number of benzene rings is 1. The summed E-state index contributed by atoms with van der Waals surface area (Å²) >= 11 is 1.56. The van der Waals surface area contributed by atoms with Gasteiger partial charge in [-0.05, 0) is 18.6 Å². The Morgan fingerprint density at radius 2 is 2.30 bits per heavy atom. The SMILES string of the molecule is CCC(NC(=O)c1cc2ccccc2[nH]1)c1nccs1. The van der Waals surface area contributed by atoms with Crippen molar-refractivity contribution in [1.82, 2.24) is 15.3 Å². The van der Waals surface area contributed by atoms with Gasteiger partial charge in [-0.15, -0.1) is 11.3 Å². The van der Waals surface area contributed by atoms with Gasteiger partial charge in [-0.25, -0.2) is 4.98 Å². The zero-order valence-electron chi connectivity index (χ0n) is 11.1. The second kappa shape index (κ2) is 5.46. The van der Waals surface area contributed by atoms with E-state index >= 15 is 0 Å². The van der Waals surface area contributed by atoms with Crippen molar-refractivity contribution in [2.24, 2.45) is 0 Å². The van der Waals surface area contributed by atoms with Crippen LogP contribution in [0.2, 0.25) is 0 Å². The number of carbonyl (C=O) groups excluding carboxylic acids is 1. The first-order valence-electron chi connectivity index (χ1n) is 6.56. The Morgan fingerprint density at radius 3 is 3.00 bits per heavy atom.